The number of aryl methyl sites for hydroxylation is 3. The molecule has 6 heteroatoms. The summed E-state index contributed by atoms with van der Waals surface area (Å²) in [6.45, 7) is 7.11. The maximum absolute atomic E-state index is 12.8. The van der Waals surface area contributed by atoms with E-state index in [1.54, 1.807) is 19.1 Å². The Morgan fingerprint density at radius 2 is 1.59 bits per heavy atom. The fourth-order valence-electron chi connectivity index (χ4n) is 3.25. The van der Waals surface area contributed by atoms with Gasteiger partial charge in [-0.05, 0) is 51.0 Å². The molecule has 2 aromatic carbocycles. The first-order valence-corrected chi connectivity index (χ1v) is 8.87. The number of nitrogens with zero attached hydrogens (tertiary/aromatic N) is 2. The van der Waals surface area contributed by atoms with Crippen LogP contribution in [0.25, 0.3) is 0 Å². The summed E-state index contributed by atoms with van der Waals surface area (Å²) in [6, 6.07) is 12.0. The van der Waals surface area contributed by atoms with Gasteiger partial charge in [0.25, 0.3) is 5.91 Å². The molecule has 0 radical (unpaired) electrons. The van der Waals surface area contributed by atoms with Crippen molar-refractivity contribution in [3.05, 3.63) is 59.2 Å². The maximum Gasteiger partial charge on any atom is 0.332 e. The second-order valence-corrected chi connectivity index (χ2v) is 6.90. The lowest BCUT2D eigenvalue weighted by atomic mass is 10.1. The van der Waals surface area contributed by atoms with Crippen LogP contribution in [0.4, 0.5) is 16.2 Å². The minimum absolute atomic E-state index is 0.307. The van der Waals surface area contributed by atoms with Crippen LogP contribution in [0.1, 0.15) is 23.6 Å². The van der Waals surface area contributed by atoms with Crippen molar-refractivity contribution in [3.8, 4) is 0 Å². The van der Waals surface area contributed by atoms with Gasteiger partial charge < -0.3 is 5.32 Å². The smallest absolute Gasteiger partial charge is 0.324 e. The quantitative estimate of drug-likeness (QED) is 0.844. The number of carbonyl (C=O) groups is 3. The molecule has 2 aromatic rings. The third-order valence-electron chi connectivity index (χ3n) is 4.81. The molecule has 1 atom stereocenters. The Bertz CT molecular complexity index is 885. The largest absolute Gasteiger partial charge is 0.332 e. The number of rotatable bonds is 4. The van der Waals surface area contributed by atoms with Crippen LogP contribution in [0.3, 0.4) is 0 Å². The van der Waals surface area contributed by atoms with Crippen molar-refractivity contribution in [1.82, 2.24) is 4.90 Å². The molecule has 1 aliphatic rings. The molecule has 1 saturated heterocycles. The highest BCUT2D eigenvalue weighted by Gasteiger charge is 2.44. The summed E-state index contributed by atoms with van der Waals surface area (Å²) in [5.74, 6) is -0.774. The first-order chi connectivity index (χ1) is 12.8. The second-order valence-electron chi connectivity index (χ2n) is 6.90. The van der Waals surface area contributed by atoms with E-state index in [-0.39, 0.29) is 12.5 Å². The van der Waals surface area contributed by atoms with Crippen LogP contribution in [0, 0.1) is 20.8 Å². The van der Waals surface area contributed by atoms with E-state index in [1.807, 2.05) is 51.1 Å². The number of anilines is 2. The average molecular weight is 365 g/mol. The molecule has 0 bridgehead atoms. The number of carbonyl (C=O) groups excluding carboxylic acids is 3. The number of imide groups is 1. The highest BCUT2D eigenvalue weighted by atomic mass is 16.2. The topological polar surface area (TPSA) is 69.7 Å². The van der Waals surface area contributed by atoms with Gasteiger partial charge in [0.2, 0.25) is 5.91 Å². The lowest BCUT2D eigenvalue weighted by Gasteiger charge is -2.19. The fraction of sp³-hybridized carbons (Fsp3) is 0.286. The van der Waals surface area contributed by atoms with Crippen molar-refractivity contribution in [2.45, 2.75) is 33.7 Å². The first-order valence-electron chi connectivity index (χ1n) is 8.87. The zero-order chi connectivity index (χ0) is 19.7. The Morgan fingerprint density at radius 1 is 1.00 bits per heavy atom. The molecule has 1 N–H and O–H groups in total. The Hall–Kier alpha value is -3.15. The van der Waals surface area contributed by atoms with E-state index in [4.69, 9.17) is 0 Å². The fourth-order valence-corrected chi connectivity index (χ4v) is 3.25. The van der Waals surface area contributed by atoms with E-state index in [9.17, 15) is 14.4 Å². The number of amides is 4. The highest BCUT2D eigenvalue weighted by molar-refractivity contribution is 6.16. The highest BCUT2D eigenvalue weighted by Crippen LogP contribution is 2.26. The van der Waals surface area contributed by atoms with Crippen molar-refractivity contribution < 1.29 is 14.4 Å². The summed E-state index contributed by atoms with van der Waals surface area (Å²) >= 11 is 0. The average Bonchev–Trinajstić information content (AvgIpc) is 2.83. The number of para-hydroxylation sites is 1. The lowest BCUT2D eigenvalue weighted by Crippen LogP contribution is -2.39. The number of hydrogen-bond donors (Lipinski definition) is 1. The zero-order valence-corrected chi connectivity index (χ0v) is 15.9. The molecule has 1 heterocycles. The van der Waals surface area contributed by atoms with Gasteiger partial charge in [0.1, 0.15) is 12.6 Å². The SMILES string of the molecule is Cc1ccc(N2C(=O)N(CC(=O)Nc3c(C)cccc3C)C(=O)C2C)cc1. The molecule has 0 aromatic heterocycles. The van der Waals surface area contributed by atoms with Crippen LogP contribution in [0.2, 0.25) is 0 Å². The Kier molecular flexibility index (Phi) is 4.99. The normalized spacial score (nSPS) is 16.8. The van der Waals surface area contributed by atoms with Crippen molar-refractivity contribution >= 4 is 29.2 Å². The molecule has 0 spiro atoms. The van der Waals surface area contributed by atoms with E-state index in [0.717, 1.165) is 21.6 Å². The van der Waals surface area contributed by atoms with Crippen LogP contribution in [-0.4, -0.2) is 35.3 Å². The molecule has 4 amide bonds. The van der Waals surface area contributed by atoms with Gasteiger partial charge in [-0.2, -0.15) is 0 Å². The standard InChI is InChI=1S/C21H23N3O3/c1-13-8-10-17(11-9-13)24-16(4)20(26)23(21(24)27)12-18(25)22-19-14(2)6-5-7-15(19)3/h5-11,16H,12H2,1-4H3,(H,22,25). The molecular weight excluding hydrogens is 342 g/mol. The molecule has 0 saturated carbocycles. The number of nitrogens with one attached hydrogen (secondary N) is 1. The van der Waals surface area contributed by atoms with Gasteiger partial charge in [-0.3, -0.25) is 19.4 Å². The summed E-state index contributed by atoms with van der Waals surface area (Å²) < 4.78 is 0. The molecular formula is C21H23N3O3. The monoisotopic (exact) mass is 365 g/mol. The Balaban J connectivity index is 1.77. The zero-order valence-electron chi connectivity index (χ0n) is 15.9. The summed E-state index contributed by atoms with van der Waals surface area (Å²) in [6.07, 6.45) is 0. The second kappa shape index (κ2) is 7.23. The molecule has 140 valence electrons. The van der Waals surface area contributed by atoms with Crippen molar-refractivity contribution in [2.24, 2.45) is 0 Å². The van der Waals surface area contributed by atoms with E-state index in [1.165, 1.54) is 4.90 Å². The molecule has 0 aliphatic carbocycles. The van der Waals surface area contributed by atoms with Gasteiger partial charge in [0.05, 0.1) is 0 Å². The summed E-state index contributed by atoms with van der Waals surface area (Å²) in [7, 11) is 0. The minimum atomic E-state index is -0.645. The molecule has 3 rings (SSSR count). The number of benzene rings is 2. The van der Waals surface area contributed by atoms with E-state index >= 15 is 0 Å². The van der Waals surface area contributed by atoms with Gasteiger partial charge in [0.15, 0.2) is 0 Å². The van der Waals surface area contributed by atoms with E-state index in [2.05, 4.69) is 5.32 Å². The molecule has 6 nitrogen and oxygen atoms in total. The van der Waals surface area contributed by atoms with Crippen molar-refractivity contribution in [1.29, 1.82) is 0 Å². The number of urea groups is 1. The van der Waals surface area contributed by atoms with Gasteiger partial charge in [-0.1, -0.05) is 35.9 Å². The lowest BCUT2D eigenvalue weighted by molar-refractivity contribution is -0.130. The van der Waals surface area contributed by atoms with Crippen LogP contribution in [-0.2, 0) is 9.59 Å². The minimum Gasteiger partial charge on any atom is -0.324 e. The number of hydrogen-bond acceptors (Lipinski definition) is 3. The maximum atomic E-state index is 12.8. The molecule has 27 heavy (non-hydrogen) atoms. The van der Waals surface area contributed by atoms with E-state index in [0.29, 0.717) is 11.4 Å². The van der Waals surface area contributed by atoms with Crippen molar-refractivity contribution in [3.63, 3.8) is 0 Å². The summed E-state index contributed by atoms with van der Waals surface area (Å²) in [4.78, 5) is 40.3. The third-order valence-corrected chi connectivity index (χ3v) is 4.81. The predicted molar refractivity (Wildman–Crippen MR) is 105 cm³/mol. The van der Waals surface area contributed by atoms with Crippen LogP contribution >= 0.6 is 0 Å². The van der Waals surface area contributed by atoms with Gasteiger partial charge in [-0.15, -0.1) is 0 Å². The van der Waals surface area contributed by atoms with Gasteiger partial charge in [0, 0.05) is 11.4 Å². The molecule has 1 fully saturated rings. The third kappa shape index (κ3) is 3.56. The predicted octanol–water partition coefficient (Wildman–Crippen LogP) is 3.41. The molecule has 1 aliphatic heterocycles. The van der Waals surface area contributed by atoms with Crippen LogP contribution < -0.4 is 10.2 Å². The Morgan fingerprint density at radius 3 is 2.19 bits per heavy atom. The van der Waals surface area contributed by atoms with Crippen LogP contribution in [0.15, 0.2) is 42.5 Å². The van der Waals surface area contributed by atoms with E-state index < -0.39 is 18.0 Å². The van der Waals surface area contributed by atoms with Gasteiger partial charge >= 0.3 is 6.03 Å². The van der Waals surface area contributed by atoms with Crippen LogP contribution in [0.5, 0.6) is 0 Å². The Labute approximate surface area is 158 Å². The molecule has 1 unspecified atom stereocenters. The van der Waals surface area contributed by atoms with Gasteiger partial charge in [-0.25, -0.2) is 4.79 Å². The van der Waals surface area contributed by atoms with Crippen molar-refractivity contribution in [2.75, 3.05) is 16.8 Å². The first kappa shape index (κ1) is 18.6. The summed E-state index contributed by atoms with van der Waals surface area (Å²) in [5, 5.41) is 2.82. The summed E-state index contributed by atoms with van der Waals surface area (Å²) in [5.41, 5.74) is 4.28.